The van der Waals surface area contributed by atoms with Crippen molar-refractivity contribution in [2.45, 2.75) is 19.9 Å². The van der Waals surface area contributed by atoms with Gasteiger partial charge in [-0.25, -0.2) is 14.9 Å². The van der Waals surface area contributed by atoms with E-state index in [1.54, 1.807) is 60.0 Å². The number of carbonyl (C=O) groups is 2. The average Bonchev–Trinajstić information content (AvgIpc) is 3.42. The number of benzene rings is 2. The lowest BCUT2D eigenvalue weighted by atomic mass is 10.1. The van der Waals surface area contributed by atoms with Crippen molar-refractivity contribution < 1.29 is 19.1 Å². The summed E-state index contributed by atoms with van der Waals surface area (Å²) in [4.78, 5) is 38.2. The Labute approximate surface area is 204 Å². The number of fused-ring (bicyclic) bond motifs is 1. The molecule has 0 spiro atoms. The van der Waals surface area contributed by atoms with Gasteiger partial charge in [-0.05, 0) is 47.7 Å². The highest BCUT2D eigenvalue weighted by molar-refractivity contribution is 7.12. The SMILES string of the molecule is CCCn1nc(C(=O)N/N=C/c2ccc(OC(=O)c3cccs3)c(OC)c2)c2ccccc2c1=O. The molecular weight excluding hydrogens is 468 g/mol. The van der Waals surface area contributed by atoms with E-state index in [-0.39, 0.29) is 17.0 Å². The molecule has 2 aromatic carbocycles. The highest BCUT2D eigenvalue weighted by atomic mass is 32.1. The van der Waals surface area contributed by atoms with E-state index < -0.39 is 11.9 Å². The van der Waals surface area contributed by atoms with Crippen LogP contribution < -0.4 is 20.5 Å². The first-order valence-corrected chi connectivity index (χ1v) is 11.7. The fraction of sp³-hybridized carbons (Fsp3) is 0.160. The molecule has 0 fully saturated rings. The standard InChI is InChI=1S/C25H22N4O5S/c1-3-12-29-24(31)18-8-5-4-7-17(18)22(28-29)23(30)27-26-15-16-10-11-19(20(14-16)33-2)34-25(32)21-9-6-13-35-21/h4-11,13-15H,3,12H2,1-2H3,(H,27,30)/b26-15+. The molecule has 9 nitrogen and oxygen atoms in total. The summed E-state index contributed by atoms with van der Waals surface area (Å²) in [6.45, 7) is 2.33. The number of aromatic nitrogens is 2. The van der Waals surface area contributed by atoms with Crippen LogP contribution in [0.15, 0.2) is 69.9 Å². The van der Waals surface area contributed by atoms with Crippen LogP contribution in [-0.2, 0) is 6.54 Å². The maximum Gasteiger partial charge on any atom is 0.353 e. The summed E-state index contributed by atoms with van der Waals surface area (Å²) in [6, 6.07) is 15.2. The van der Waals surface area contributed by atoms with Gasteiger partial charge in [-0.3, -0.25) is 9.59 Å². The number of hydrogen-bond acceptors (Lipinski definition) is 8. The van der Waals surface area contributed by atoms with Crippen LogP contribution in [0.3, 0.4) is 0 Å². The zero-order chi connectivity index (χ0) is 24.8. The van der Waals surface area contributed by atoms with Crippen LogP contribution in [0.25, 0.3) is 10.8 Å². The number of amides is 1. The number of hydrazone groups is 1. The number of hydrogen-bond donors (Lipinski definition) is 1. The van der Waals surface area contributed by atoms with Crippen molar-refractivity contribution in [2.75, 3.05) is 7.11 Å². The highest BCUT2D eigenvalue weighted by Crippen LogP contribution is 2.29. The number of esters is 1. The summed E-state index contributed by atoms with van der Waals surface area (Å²) in [6.07, 6.45) is 2.13. The number of carbonyl (C=O) groups excluding carboxylic acids is 2. The number of methoxy groups -OCH3 is 1. The molecule has 1 amide bonds. The fourth-order valence-corrected chi connectivity index (χ4v) is 3.98. The lowest BCUT2D eigenvalue weighted by Gasteiger charge is -2.10. The second kappa shape index (κ2) is 10.7. The minimum Gasteiger partial charge on any atom is -0.493 e. The first-order valence-electron chi connectivity index (χ1n) is 10.8. The Morgan fingerprint density at radius 2 is 1.91 bits per heavy atom. The van der Waals surface area contributed by atoms with Gasteiger partial charge < -0.3 is 9.47 Å². The Kier molecular flexibility index (Phi) is 7.32. The van der Waals surface area contributed by atoms with E-state index in [0.717, 1.165) is 0 Å². The van der Waals surface area contributed by atoms with Crippen LogP contribution in [0.5, 0.6) is 11.5 Å². The zero-order valence-electron chi connectivity index (χ0n) is 19.1. The van der Waals surface area contributed by atoms with E-state index in [0.29, 0.717) is 39.9 Å². The molecular formula is C25H22N4O5S. The highest BCUT2D eigenvalue weighted by Gasteiger charge is 2.16. The van der Waals surface area contributed by atoms with E-state index in [4.69, 9.17) is 9.47 Å². The monoisotopic (exact) mass is 490 g/mol. The predicted octanol–water partition coefficient (Wildman–Crippen LogP) is 3.86. The summed E-state index contributed by atoms with van der Waals surface area (Å²) in [5, 5.41) is 10.9. The molecule has 35 heavy (non-hydrogen) atoms. The molecule has 0 aliphatic heterocycles. The largest absolute Gasteiger partial charge is 0.493 e. The van der Waals surface area contributed by atoms with Gasteiger partial charge in [0.05, 0.1) is 18.7 Å². The average molecular weight is 491 g/mol. The minimum atomic E-state index is -0.546. The minimum absolute atomic E-state index is 0.110. The summed E-state index contributed by atoms with van der Waals surface area (Å²) in [5.41, 5.74) is 2.93. The van der Waals surface area contributed by atoms with Gasteiger partial charge in [0.25, 0.3) is 11.5 Å². The quantitative estimate of drug-likeness (QED) is 0.174. The molecule has 10 heteroatoms. The number of nitrogens with one attached hydrogen (secondary N) is 1. The van der Waals surface area contributed by atoms with Gasteiger partial charge in [-0.2, -0.15) is 10.2 Å². The molecule has 0 atom stereocenters. The summed E-state index contributed by atoms with van der Waals surface area (Å²) in [7, 11) is 1.46. The molecule has 0 aliphatic rings. The molecule has 0 radical (unpaired) electrons. The van der Waals surface area contributed by atoms with Crippen molar-refractivity contribution >= 4 is 40.2 Å². The molecule has 0 saturated carbocycles. The van der Waals surface area contributed by atoms with Crippen molar-refractivity contribution in [1.82, 2.24) is 15.2 Å². The Morgan fingerprint density at radius 1 is 1.11 bits per heavy atom. The van der Waals surface area contributed by atoms with Gasteiger partial charge in [-0.15, -0.1) is 11.3 Å². The number of nitrogens with zero attached hydrogens (tertiary/aromatic N) is 3. The third-order valence-electron chi connectivity index (χ3n) is 5.01. The molecule has 2 heterocycles. The summed E-state index contributed by atoms with van der Waals surface area (Å²) in [5.74, 6) is -0.419. The van der Waals surface area contributed by atoms with Crippen LogP contribution >= 0.6 is 11.3 Å². The van der Waals surface area contributed by atoms with E-state index in [2.05, 4.69) is 15.6 Å². The topological polar surface area (TPSA) is 112 Å². The smallest absolute Gasteiger partial charge is 0.353 e. The van der Waals surface area contributed by atoms with E-state index in [1.165, 1.54) is 29.3 Å². The van der Waals surface area contributed by atoms with Gasteiger partial charge in [0.15, 0.2) is 17.2 Å². The second-order valence-corrected chi connectivity index (χ2v) is 8.35. The zero-order valence-corrected chi connectivity index (χ0v) is 19.9. The van der Waals surface area contributed by atoms with Crippen LogP contribution in [0.1, 0.15) is 39.1 Å². The maximum atomic E-state index is 12.8. The fourth-order valence-electron chi connectivity index (χ4n) is 3.38. The number of aryl methyl sites for hydroxylation is 1. The van der Waals surface area contributed by atoms with E-state index in [1.807, 2.05) is 6.92 Å². The molecule has 0 unspecified atom stereocenters. The third kappa shape index (κ3) is 5.28. The molecule has 178 valence electrons. The molecule has 4 rings (SSSR count). The Morgan fingerprint density at radius 3 is 2.63 bits per heavy atom. The first-order chi connectivity index (χ1) is 17.0. The molecule has 0 aliphatic carbocycles. The Hall–Kier alpha value is -4.31. The van der Waals surface area contributed by atoms with Crippen molar-refractivity contribution in [3.63, 3.8) is 0 Å². The Balaban J connectivity index is 1.52. The van der Waals surface area contributed by atoms with Gasteiger partial charge in [0, 0.05) is 11.9 Å². The van der Waals surface area contributed by atoms with E-state index >= 15 is 0 Å². The molecule has 0 bridgehead atoms. The normalized spacial score (nSPS) is 11.0. The summed E-state index contributed by atoms with van der Waals surface area (Å²) >= 11 is 1.28. The van der Waals surface area contributed by atoms with Crippen LogP contribution in [-0.4, -0.2) is 35.0 Å². The summed E-state index contributed by atoms with van der Waals surface area (Å²) < 4.78 is 12.0. The lowest BCUT2D eigenvalue weighted by Crippen LogP contribution is -2.29. The van der Waals surface area contributed by atoms with Gasteiger partial charge in [0.1, 0.15) is 4.88 Å². The first kappa shape index (κ1) is 23.8. The van der Waals surface area contributed by atoms with Crippen LogP contribution in [0.2, 0.25) is 0 Å². The number of thiophene rings is 1. The van der Waals surface area contributed by atoms with Crippen molar-refractivity contribution in [3.05, 3.63) is 86.5 Å². The predicted molar refractivity (Wildman–Crippen MR) is 134 cm³/mol. The number of ether oxygens (including phenoxy) is 2. The van der Waals surface area contributed by atoms with Crippen molar-refractivity contribution in [1.29, 1.82) is 0 Å². The van der Waals surface area contributed by atoms with Gasteiger partial charge in [-0.1, -0.05) is 31.2 Å². The third-order valence-corrected chi connectivity index (χ3v) is 5.86. The molecule has 2 aromatic heterocycles. The van der Waals surface area contributed by atoms with Gasteiger partial charge >= 0.3 is 5.97 Å². The van der Waals surface area contributed by atoms with Crippen LogP contribution in [0.4, 0.5) is 0 Å². The van der Waals surface area contributed by atoms with Crippen LogP contribution in [0, 0.1) is 0 Å². The molecule has 0 saturated heterocycles. The van der Waals surface area contributed by atoms with Crippen molar-refractivity contribution in [3.8, 4) is 11.5 Å². The number of rotatable bonds is 8. The second-order valence-electron chi connectivity index (χ2n) is 7.40. The Bertz CT molecular complexity index is 1460. The van der Waals surface area contributed by atoms with E-state index in [9.17, 15) is 14.4 Å². The van der Waals surface area contributed by atoms with Crippen molar-refractivity contribution in [2.24, 2.45) is 5.10 Å². The molecule has 4 aromatic rings. The van der Waals surface area contributed by atoms with Gasteiger partial charge in [0.2, 0.25) is 0 Å². The maximum absolute atomic E-state index is 12.8. The molecule has 1 N–H and O–H groups in total. The lowest BCUT2D eigenvalue weighted by molar-refractivity contribution is 0.0734.